The van der Waals surface area contributed by atoms with Gasteiger partial charge in [-0.3, -0.25) is 4.98 Å². The van der Waals surface area contributed by atoms with Crippen LogP contribution in [0.2, 0.25) is 0 Å². The predicted octanol–water partition coefficient (Wildman–Crippen LogP) is 2.39. The number of fused-ring (bicyclic) bond motifs is 1. The average molecular weight is 254 g/mol. The van der Waals surface area contributed by atoms with Gasteiger partial charge in [0, 0.05) is 37.2 Å². The first-order valence-electron chi connectivity index (χ1n) is 6.77. The van der Waals surface area contributed by atoms with Crippen LogP contribution in [0, 0.1) is 0 Å². The van der Waals surface area contributed by atoms with E-state index in [1.807, 2.05) is 24.5 Å². The number of aryl methyl sites for hydroxylation is 1. The minimum absolute atomic E-state index is 0.853. The predicted molar refractivity (Wildman–Crippen MR) is 75.0 cm³/mol. The van der Waals surface area contributed by atoms with Crippen LogP contribution < -0.4 is 4.90 Å². The Balaban J connectivity index is 1.86. The summed E-state index contributed by atoms with van der Waals surface area (Å²) in [6.07, 6.45) is 10.0. The average Bonchev–Trinajstić information content (AvgIpc) is 2.47. The number of rotatable bonds is 3. The van der Waals surface area contributed by atoms with Gasteiger partial charge in [0.25, 0.3) is 0 Å². The van der Waals surface area contributed by atoms with Crippen LogP contribution in [0.4, 0.5) is 5.82 Å². The van der Waals surface area contributed by atoms with Crippen molar-refractivity contribution in [2.45, 2.75) is 32.2 Å². The smallest absolute Gasteiger partial charge is 0.135 e. The summed E-state index contributed by atoms with van der Waals surface area (Å²) in [6, 6.07) is 4.09. The van der Waals surface area contributed by atoms with Crippen LogP contribution in [0.5, 0.6) is 0 Å². The third-order valence-corrected chi connectivity index (χ3v) is 3.63. The lowest BCUT2D eigenvalue weighted by Crippen LogP contribution is -2.21. The van der Waals surface area contributed by atoms with Gasteiger partial charge in [0.05, 0.1) is 0 Å². The summed E-state index contributed by atoms with van der Waals surface area (Å²) in [5, 5.41) is 0. The van der Waals surface area contributed by atoms with Crippen molar-refractivity contribution in [1.82, 2.24) is 15.0 Å². The lowest BCUT2D eigenvalue weighted by Gasteiger charge is -2.24. The van der Waals surface area contributed by atoms with Gasteiger partial charge in [0.1, 0.15) is 12.1 Å². The van der Waals surface area contributed by atoms with Gasteiger partial charge in [-0.1, -0.05) is 0 Å². The largest absolute Gasteiger partial charge is 0.355 e. The maximum absolute atomic E-state index is 4.49. The second-order valence-electron chi connectivity index (χ2n) is 5.04. The zero-order chi connectivity index (χ0) is 13.1. The molecule has 0 saturated carbocycles. The Labute approximate surface area is 113 Å². The zero-order valence-corrected chi connectivity index (χ0v) is 11.2. The van der Waals surface area contributed by atoms with E-state index in [1.165, 1.54) is 29.7 Å². The highest BCUT2D eigenvalue weighted by Crippen LogP contribution is 2.27. The normalized spacial score (nSPS) is 13.9. The molecule has 98 valence electrons. The van der Waals surface area contributed by atoms with Crippen LogP contribution in [0.15, 0.2) is 30.9 Å². The SMILES string of the molecule is CN(Cc1ccncc1)c1ncnc2c1CCCC2. The molecule has 4 nitrogen and oxygen atoms in total. The highest BCUT2D eigenvalue weighted by atomic mass is 15.2. The molecule has 0 amide bonds. The van der Waals surface area contributed by atoms with Crippen LogP contribution >= 0.6 is 0 Å². The number of nitrogens with zero attached hydrogens (tertiary/aromatic N) is 4. The van der Waals surface area contributed by atoms with Gasteiger partial charge in [-0.05, 0) is 43.4 Å². The fourth-order valence-electron chi connectivity index (χ4n) is 2.67. The molecule has 0 bridgehead atoms. The molecule has 1 aliphatic rings. The van der Waals surface area contributed by atoms with E-state index in [0.717, 1.165) is 25.2 Å². The molecular weight excluding hydrogens is 236 g/mol. The molecule has 4 heteroatoms. The van der Waals surface area contributed by atoms with Gasteiger partial charge in [0.15, 0.2) is 0 Å². The highest BCUT2D eigenvalue weighted by Gasteiger charge is 2.17. The van der Waals surface area contributed by atoms with Crippen molar-refractivity contribution >= 4 is 5.82 Å². The molecule has 2 aromatic rings. The molecule has 2 aromatic heterocycles. The van der Waals surface area contributed by atoms with Gasteiger partial charge in [-0.2, -0.15) is 0 Å². The maximum atomic E-state index is 4.49. The van der Waals surface area contributed by atoms with Crippen molar-refractivity contribution in [1.29, 1.82) is 0 Å². The summed E-state index contributed by atoms with van der Waals surface area (Å²) in [7, 11) is 2.09. The topological polar surface area (TPSA) is 41.9 Å². The second-order valence-corrected chi connectivity index (χ2v) is 5.04. The molecule has 0 fully saturated rings. The van der Waals surface area contributed by atoms with E-state index in [-0.39, 0.29) is 0 Å². The first-order chi connectivity index (χ1) is 9.34. The molecule has 0 atom stereocenters. The summed E-state index contributed by atoms with van der Waals surface area (Å²) in [6.45, 7) is 0.853. The molecule has 0 aromatic carbocycles. The molecule has 0 aliphatic heterocycles. The molecule has 0 unspecified atom stereocenters. The summed E-state index contributed by atoms with van der Waals surface area (Å²) in [5.74, 6) is 1.08. The Hall–Kier alpha value is -1.97. The summed E-state index contributed by atoms with van der Waals surface area (Å²) in [4.78, 5) is 15.2. The first-order valence-corrected chi connectivity index (χ1v) is 6.77. The van der Waals surface area contributed by atoms with Gasteiger partial charge in [-0.25, -0.2) is 9.97 Å². The fraction of sp³-hybridized carbons (Fsp3) is 0.400. The summed E-state index contributed by atoms with van der Waals surface area (Å²) >= 11 is 0. The molecular formula is C15H18N4. The minimum Gasteiger partial charge on any atom is -0.355 e. The summed E-state index contributed by atoms with van der Waals surface area (Å²) in [5.41, 5.74) is 3.82. The standard InChI is InChI=1S/C15H18N4/c1-19(10-12-6-8-16-9-7-12)15-13-4-2-3-5-14(13)17-11-18-15/h6-9,11H,2-5,10H2,1H3. The van der Waals surface area contributed by atoms with Gasteiger partial charge < -0.3 is 4.90 Å². The van der Waals surface area contributed by atoms with E-state index in [0.29, 0.717) is 0 Å². The van der Waals surface area contributed by atoms with E-state index in [9.17, 15) is 0 Å². The Morgan fingerprint density at radius 2 is 1.89 bits per heavy atom. The van der Waals surface area contributed by atoms with Crippen LogP contribution in [-0.2, 0) is 19.4 Å². The number of hydrogen-bond donors (Lipinski definition) is 0. The van der Waals surface area contributed by atoms with Crippen LogP contribution in [0.3, 0.4) is 0 Å². The minimum atomic E-state index is 0.853. The lowest BCUT2D eigenvalue weighted by molar-refractivity contribution is 0.658. The van der Waals surface area contributed by atoms with Crippen molar-refractivity contribution in [3.63, 3.8) is 0 Å². The number of aromatic nitrogens is 3. The van der Waals surface area contributed by atoms with Crippen molar-refractivity contribution in [2.24, 2.45) is 0 Å². The molecule has 0 radical (unpaired) electrons. The van der Waals surface area contributed by atoms with E-state index >= 15 is 0 Å². The van der Waals surface area contributed by atoms with Crippen molar-refractivity contribution in [3.8, 4) is 0 Å². The third kappa shape index (κ3) is 2.57. The molecule has 1 aliphatic carbocycles. The summed E-state index contributed by atoms with van der Waals surface area (Å²) < 4.78 is 0. The molecule has 0 spiro atoms. The Morgan fingerprint density at radius 1 is 1.11 bits per heavy atom. The highest BCUT2D eigenvalue weighted by molar-refractivity contribution is 5.49. The van der Waals surface area contributed by atoms with E-state index in [2.05, 4.69) is 26.9 Å². The van der Waals surface area contributed by atoms with Crippen LogP contribution in [-0.4, -0.2) is 22.0 Å². The third-order valence-electron chi connectivity index (χ3n) is 3.63. The van der Waals surface area contributed by atoms with Crippen LogP contribution in [0.1, 0.15) is 29.7 Å². The van der Waals surface area contributed by atoms with E-state index < -0.39 is 0 Å². The van der Waals surface area contributed by atoms with Gasteiger partial charge >= 0.3 is 0 Å². The van der Waals surface area contributed by atoms with Crippen molar-refractivity contribution < 1.29 is 0 Å². The Kier molecular flexibility index (Phi) is 3.40. The Bertz CT molecular complexity index is 553. The van der Waals surface area contributed by atoms with E-state index in [1.54, 1.807) is 6.33 Å². The van der Waals surface area contributed by atoms with Gasteiger partial charge in [0.2, 0.25) is 0 Å². The molecule has 0 N–H and O–H groups in total. The Morgan fingerprint density at radius 3 is 2.74 bits per heavy atom. The van der Waals surface area contributed by atoms with Crippen molar-refractivity contribution in [3.05, 3.63) is 47.7 Å². The molecule has 2 heterocycles. The van der Waals surface area contributed by atoms with Crippen LogP contribution in [0.25, 0.3) is 0 Å². The van der Waals surface area contributed by atoms with Gasteiger partial charge in [-0.15, -0.1) is 0 Å². The molecule has 3 rings (SSSR count). The monoisotopic (exact) mass is 254 g/mol. The quantitative estimate of drug-likeness (QED) is 0.843. The lowest BCUT2D eigenvalue weighted by atomic mass is 9.96. The number of hydrogen-bond acceptors (Lipinski definition) is 4. The number of anilines is 1. The second kappa shape index (κ2) is 5.34. The molecule has 0 saturated heterocycles. The fourth-order valence-corrected chi connectivity index (χ4v) is 2.67. The van der Waals surface area contributed by atoms with Crippen molar-refractivity contribution in [2.75, 3.05) is 11.9 Å². The zero-order valence-electron chi connectivity index (χ0n) is 11.2. The number of pyridine rings is 1. The maximum Gasteiger partial charge on any atom is 0.135 e. The first kappa shape index (κ1) is 12.1. The molecule has 19 heavy (non-hydrogen) atoms. The van der Waals surface area contributed by atoms with E-state index in [4.69, 9.17) is 0 Å².